The largest absolute Gasteiger partial charge is 0.343 e. The van der Waals surface area contributed by atoms with E-state index in [-0.39, 0.29) is 12.0 Å². The third-order valence-corrected chi connectivity index (χ3v) is 3.57. The molecule has 95 valence electrons. The average molecular weight is 243 g/mol. The zero-order chi connectivity index (χ0) is 12.8. The minimum absolute atomic E-state index is 0.114. The van der Waals surface area contributed by atoms with Crippen molar-refractivity contribution in [3.8, 4) is 0 Å². The molecule has 18 heavy (non-hydrogen) atoms. The molecule has 1 fully saturated rings. The van der Waals surface area contributed by atoms with E-state index < -0.39 is 0 Å². The van der Waals surface area contributed by atoms with Crippen LogP contribution in [0, 0.1) is 5.92 Å². The molecule has 1 radical (unpaired) electrons. The van der Waals surface area contributed by atoms with Gasteiger partial charge in [0.25, 0.3) is 0 Å². The van der Waals surface area contributed by atoms with Crippen LogP contribution < -0.4 is 10.6 Å². The summed E-state index contributed by atoms with van der Waals surface area (Å²) in [5.74, 6) is 1.02. The van der Waals surface area contributed by atoms with Crippen LogP contribution in [0.2, 0.25) is 6.32 Å². The minimum Gasteiger partial charge on any atom is -0.343 e. The summed E-state index contributed by atoms with van der Waals surface area (Å²) in [4.78, 5) is 11.8. The van der Waals surface area contributed by atoms with Gasteiger partial charge >= 0.3 is 6.03 Å². The van der Waals surface area contributed by atoms with Gasteiger partial charge in [0.2, 0.25) is 0 Å². The number of anilines is 1. The van der Waals surface area contributed by atoms with Crippen molar-refractivity contribution in [1.82, 2.24) is 5.32 Å². The van der Waals surface area contributed by atoms with Gasteiger partial charge in [-0.15, -0.1) is 0 Å². The number of carbonyl (C=O) groups excluding carboxylic acids is 1. The molecule has 1 saturated heterocycles. The fourth-order valence-corrected chi connectivity index (χ4v) is 2.37. The maximum atomic E-state index is 11.8. The maximum absolute atomic E-state index is 11.8. The lowest BCUT2D eigenvalue weighted by Gasteiger charge is -2.27. The predicted octanol–water partition coefficient (Wildman–Crippen LogP) is 3.08. The van der Waals surface area contributed by atoms with Crippen molar-refractivity contribution < 1.29 is 4.79 Å². The third-order valence-electron chi connectivity index (χ3n) is 3.57. The second-order valence-corrected chi connectivity index (χ2v) is 4.89. The summed E-state index contributed by atoms with van der Waals surface area (Å²) in [7, 11) is 2.24. The molecule has 1 aromatic rings. The Bertz CT molecular complexity index is 375. The molecule has 3 nitrogen and oxygen atoms in total. The smallest absolute Gasteiger partial charge is 0.318 e. The Morgan fingerprint density at radius 3 is 2.72 bits per heavy atom. The zero-order valence-corrected chi connectivity index (χ0v) is 10.9. The Balaban J connectivity index is 1.75. The van der Waals surface area contributed by atoms with E-state index in [1.54, 1.807) is 0 Å². The van der Waals surface area contributed by atoms with Crippen molar-refractivity contribution in [3.63, 3.8) is 0 Å². The molecule has 0 saturated carbocycles. The van der Waals surface area contributed by atoms with E-state index in [1.165, 1.54) is 12.8 Å². The van der Waals surface area contributed by atoms with Crippen LogP contribution in [0.4, 0.5) is 10.5 Å². The molecule has 4 heteroatoms. The summed E-state index contributed by atoms with van der Waals surface area (Å²) < 4.78 is 0. The minimum atomic E-state index is -0.114. The first-order chi connectivity index (χ1) is 8.78. The number of urea groups is 1. The standard InChI is InChI=1S/C14H20BN2O/c1-2-11-8-9-13(15-10-11)17-14(18)16-12-6-4-3-5-7-12/h3-7,11,13H,2,8-10H2,1H3,(H2,16,17,18). The second kappa shape index (κ2) is 6.48. The number of benzene rings is 1. The summed E-state index contributed by atoms with van der Waals surface area (Å²) in [5.41, 5.74) is 0.831. The number of para-hydroxylation sites is 1. The first-order valence-corrected chi connectivity index (χ1v) is 6.74. The number of amides is 2. The fraction of sp³-hybridized carbons (Fsp3) is 0.500. The molecule has 1 aliphatic heterocycles. The molecule has 0 aromatic heterocycles. The number of hydrogen-bond donors (Lipinski definition) is 2. The van der Waals surface area contributed by atoms with E-state index in [1.807, 2.05) is 30.3 Å². The highest BCUT2D eigenvalue weighted by molar-refractivity contribution is 6.38. The highest BCUT2D eigenvalue weighted by Gasteiger charge is 2.22. The van der Waals surface area contributed by atoms with E-state index in [0.717, 1.165) is 24.3 Å². The van der Waals surface area contributed by atoms with E-state index in [9.17, 15) is 4.79 Å². The Morgan fingerprint density at radius 2 is 2.11 bits per heavy atom. The van der Waals surface area contributed by atoms with E-state index >= 15 is 0 Å². The van der Waals surface area contributed by atoms with Crippen LogP contribution in [0.3, 0.4) is 0 Å². The molecule has 1 heterocycles. The monoisotopic (exact) mass is 243 g/mol. The van der Waals surface area contributed by atoms with Crippen LogP contribution in [0.25, 0.3) is 0 Å². The molecular formula is C14H20BN2O. The summed E-state index contributed by atoms with van der Waals surface area (Å²) >= 11 is 0. The van der Waals surface area contributed by atoms with Crippen molar-refractivity contribution >= 4 is 19.0 Å². The lowest BCUT2D eigenvalue weighted by Crippen LogP contribution is -2.44. The molecule has 1 aliphatic rings. The van der Waals surface area contributed by atoms with Gasteiger partial charge in [0, 0.05) is 5.69 Å². The molecule has 0 aliphatic carbocycles. The Hall–Kier alpha value is -1.45. The van der Waals surface area contributed by atoms with Gasteiger partial charge in [-0.2, -0.15) is 0 Å². The van der Waals surface area contributed by atoms with Crippen LogP contribution in [-0.4, -0.2) is 19.3 Å². The van der Waals surface area contributed by atoms with Crippen molar-refractivity contribution in [3.05, 3.63) is 30.3 Å². The van der Waals surface area contributed by atoms with Crippen LogP contribution in [-0.2, 0) is 0 Å². The van der Waals surface area contributed by atoms with Gasteiger partial charge in [0.1, 0.15) is 7.28 Å². The zero-order valence-electron chi connectivity index (χ0n) is 10.9. The molecular weight excluding hydrogens is 223 g/mol. The number of nitrogens with one attached hydrogen (secondary N) is 2. The summed E-state index contributed by atoms with van der Waals surface area (Å²) in [5, 5.41) is 5.85. The van der Waals surface area contributed by atoms with Gasteiger partial charge in [0.15, 0.2) is 0 Å². The van der Waals surface area contributed by atoms with Gasteiger partial charge in [0.05, 0.1) is 0 Å². The topological polar surface area (TPSA) is 41.1 Å². The lowest BCUT2D eigenvalue weighted by atomic mass is 9.56. The molecule has 2 unspecified atom stereocenters. The summed E-state index contributed by atoms with van der Waals surface area (Å²) in [6, 6.07) is 9.41. The van der Waals surface area contributed by atoms with Gasteiger partial charge in [-0.1, -0.05) is 37.9 Å². The third kappa shape index (κ3) is 3.79. The van der Waals surface area contributed by atoms with Gasteiger partial charge in [-0.05, 0) is 36.8 Å². The van der Waals surface area contributed by atoms with Crippen molar-refractivity contribution in [2.75, 3.05) is 5.32 Å². The Morgan fingerprint density at radius 1 is 1.33 bits per heavy atom. The van der Waals surface area contributed by atoms with E-state index in [0.29, 0.717) is 0 Å². The highest BCUT2D eigenvalue weighted by Crippen LogP contribution is 2.22. The molecule has 2 amide bonds. The van der Waals surface area contributed by atoms with E-state index in [4.69, 9.17) is 0 Å². The first kappa shape index (κ1) is 13.0. The summed E-state index contributed by atoms with van der Waals surface area (Å²) in [6.07, 6.45) is 4.62. The molecule has 0 bridgehead atoms. The van der Waals surface area contributed by atoms with Gasteiger partial charge < -0.3 is 10.6 Å². The fourth-order valence-electron chi connectivity index (χ4n) is 2.37. The van der Waals surface area contributed by atoms with Crippen molar-refractivity contribution in [2.24, 2.45) is 5.92 Å². The quantitative estimate of drug-likeness (QED) is 0.787. The van der Waals surface area contributed by atoms with Crippen molar-refractivity contribution in [1.29, 1.82) is 0 Å². The Kier molecular flexibility index (Phi) is 4.68. The molecule has 1 aromatic carbocycles. The average Bonchev–Trinajstić information content (AvgIpc) is 2.40. The molecule has 2 N–H and O–H groups in total. The lowest BCUT2D eigenvalue weighted by molar-refractivity contribution is 0.249. The maximum Gasteiger partial charge on any atom is 0.318 e. The van der Waals surface area contributed by atoms with Crippen LogP contribution >= 0.6 is 0 Å². The van der Waals surface area contributed by atoms with Gasteiger partial charge in [-0.3, -0.25) is 0 Å². The Labute approximate surface area is 110 Å². The van der Waals surface area contributed by atoms with Crippen molar-refractivity contribution in [2.45, 2.75) is 38.4 Å². The molecule has 2 atom stereocenters. The number of hydrogen-bond acceptors (Lipinski definition) is 1. The van der Waals surface area contributed by atoms with Crippen LogP contribution in [0.15, 0.2) is 30.3 Å². The molecule has 0 spiro atoms. The SMILES string of the molecule is CCC1C[B]C(NC(=O)Nc2ccccc2)CC1. The highest BCUT2D eigenvalue weighted by atomic mass is 16.2. The van der Waals surface area contributed by atoms with Gasteiger partial charge in [-0.25, -0.2) is 4.79 Å². The second-order valence-electron chi connectivity index (χ2n) is 4.89. The number of carbonyl (C=O) groups is 1. The summed E-state index contributed by atoms with van der Waals surface area (Å²) in [6.45, 7) is 2.23. The normalized spacial score (nSPS) is 22.9. The van der Waals surface area contributed by atoms with E-state index in [2.05, 4.69) is 24.8 Å². The first-order valence-electron chi connectivity index (χ1n) is 6.74. The molecule has 2 rings (SSSR count). The van der Waals surface area contributed by atoms with Crippen LogP contribution in [0.5, 0.6) is 0 Å². The predicted molar refractivity (Wildman–Crippen MR) is 76.0 cm³/mol. The van der Waals surface area contributed by atoms with Crippen LogP contribution in [0.1, 0.15) is 26.2 Å². The number of rotatable bonds is 3.